The molecule has 4 rings (SSSR count). The zero-order valence-electron chi connectivity index (χ0n) is 19.7. The van der Waals surface area contributed by atoms with E-state index < -0.39 is 7.14 Å². The summed E-state index contributed by atoms with van der Waals surface area (Å²) in [5.74, 6) is 1.04. The van der Waals surface area contributed by atoms with Crippen molar-refractivity contribution in [3.63, 3.8) is 0 Å². The predicted octanol–water partition coefficient (Wildman–Crippen LogP) is 4.35. The number of nitrogens with zero attached hydrogens (tertiary/aromatic N) is 3. The normalized spacial score (nSPS) is 13.9. The van der Waals surface area contributed by atoms with Crippen LogP contribution in [-0.4, -0.2) is 67.5 Å². The Hall–Kier alpha value is -3.13. The summed E-state index contributed by atoms with van der Waals surface area (Å²) in [5, 5.41) is 7.31. The van der Waals surface area contributed by atoms with Crippen LogP contribution in [0.5, 0.6) is 5.75 Å². The number of ether oxygens (including phenoxy) is 2. The van der Waals surface area contributed by atoms with Crippen LogP contribution in [0.25, 0.3) is 0 Å². The molecule has 11 heteroatoms. The number of benzene rings is 2. The van der Waals surface area contributed by atoms with Crippen molar-refractivity contribution in [3.8, 4) is 5.75 Å². The van der Waals surface area contributed by atoms with Gasteiger partial charge in [0, 0.05) is 24.0 Å². The Kier molecular flexibility index (Phi) is 7.60. The Morgan fingerprint density at radius 1 is 1.11 bits per heavy atom. The molecule has 1 aromatic heterocycles. The first-order valence-corrected chi connectivity index (χ1v) is 14.0. The minimum atomic E-state index is -2.53. The number of nitrogens with one attached hydrogen (secondary N) is 2. The topological polar surface area (TPSA) is 106 Å². The Morgan fingerprint density at radius 2 is 1.86 bits per heavy atom. The highest BCUT2D eigenvalue weighted by atomic mass is 35.5. The third kappa shape index (κ3) is 5.93. The molecule has 2 N–H and O–H groups in total. The smallest absolute Gasteiger partial charge is 0.254 e. The predicted molar refractivity (Wildman–Crippen MR) is 139 cm³/mol. The van der Waals surface area contributed by atoms with E-state index in [9.17, 15) is 9.36 Å². The Balaban J connectivity index is 1.57. The summed E-state index contributed by atoms with van der Waals surface area (Å²) >= 11 is 6.34. The molecule has 9 nitrogen and oxygen atoms in total. The number of halogens is 1. The second-order valence-corrected chi connectivity index (χ2v) is 11.9. The fourth-order valence-electron chi connectivity index (χ4n) is 3.69. The lowest BCUT2D eigenvalue weighted by Crippen LogP contribution is -2.40. The van der Waals surface area contributed by atoms with Crippen LogP contribution in [0.2, 0.25) is 5.02 Å². The van der Waals surface area contributed by atoms with Crippen LogP contribution in [0.1, 0.15) is 10.4 Å². The fourth-order valence-corrected chi connectivity index (χ4v) is 4.98. The van der Waals surface area contributed by atoms with E-state index in [0.717, 1.165) is 0 Å². The van der Waals surface area contributed by atoms with Gasteiger partial charge in [-0.3, -0.25) is 4.79 Å². The molecule has 0 radical (unpaired) electrons. The molecular formula is C24H27ClN5O4P. The van der Waals surface area contributed by atoms with Gasteiger partial charge in [0.2, 0.25) is 5.95 Å². The van der Waals surface area contributed by atoms with Crippen molar-refractivity contribution in [2.45, 2.75) is 0 Å². The van der Waals surface area contributed by atoms with Crippen LogP contribution in [0.3, 0.4) is 0 Å². The van der Waals surface area contributed by atoms with Gasteiger partial charge in [-0.05, 0) is 43.7 Å². The van der Waals surface area contributed by atoms with E-state index in [1.807, 2.05) is 24.3 Å². The average Bonchev–Trinajstić information content (AvgIpc) is 2.86. The lowest BCUT2D eigenvalue weighted by molar-refractivity contribution is 0.0302. The molecule has 0 spiro atoms. The van der Waals surface area contributed by atoms with Crippen LogP contribution in [0.4, 0.5) is 23.1 Å². The van der Waals surface area contributed by atoms with Crippen LogP contribution in [-0.2, 0) is 9.30 Å². The summed E-state index contributed by atoms with van der Waals surface area (Å²) in [6.07, 6.45) is 1.47. The molecule has 3 aromatic rings. The minimum Gasteiger partial charge on any atom is -0.495 e. The molecule has 1 amide bonds. The number of anilines is 4. The van der Waals surface area contributed by atoms with Gasteiger partial charge in [0.25, 0.3) is 5.91 Å². The van der Waals surface area contributed by atoms with Crippen LogP contribution in [0, 0.1) is 0 Å². The first-order valence-electron chi connectivity index (χ1n) is 11.0. The molecule has 0 saturated carbocycles. The lowest BCUT2D eigenvalue weighted by Gasteiger charge is -2.27. The van der Waals surface area contributed by atoms with E-state index >= 15 is 0 Å². The molecule has 1 aliphatic heterocycles. The number of hydrogen-bond donors (Lipinski definition) is 2. The molecule has 1 fully saturated rings. The number of carbonyl (C=O) groups is 1. The molecule has 2 aromatic carbocycles. The van der Waals surface area contributed by atoms with Crippen LogP contribution >= 0.6 is 18.7 Å². The molecular weight excluding hydrogens is 489 g/mol. The highest BCUT2D eigenvalue weighted by molar-refractivity contribution is 7.70. The second kappa shape index (κ2) is 10.6. The van der Waals surface area contributed by atoms with Gasteiger partial charge in [-0.2, -0.15) is 4.98 Å². The molecule has 0 atom stereocenters. The fraction of sp³-hybridized carbons (Fsp3) is 0.292. The first-order chi connectivity index (χ1) is 16.8. The minimum absolute atomic E-state index is 0.0739. The highest BCUT2D eigenvalue weighted by Gasteiger charge is 2.21. The summed E-state index contributed by atoms with van der Waals surface area (Å²) in [6, 6.07) is 12.5. The highest BCUT2D eigenvalue weighted by Crippen LogP contribution is 2.38. The first kappa shape index (κ1) is 25.0. The number of aromatic nitrogens is 2. The number of amides is 1. The van der Waals surface area contributed by atoms with E-state index in [4.69, 9.17) is 21.1 Å². The van der Waals surface area contributed by atoms with Crippen molar-refractivity contribution in [2.24, 2.45) is 0 Å². The summed E-state index contributed by atoms with van der Waals surface area (Å²) in [4.78, 5) is 23.3. The zero-order chi connectivity index (χ0) is 25.0. The number of rotatable bonds is 7. The third-order valence-electron chi connectivity index (χ3n) is 5.47. The van der Waals surface area contributed by atoms with Gasteiger partial charge in [-0.1, -0.05) is 23.7 Å². The van der Waals surface area contributed by atoms with Gasteiger partial charge >= 0.3 is 0 Å². The maximum Gasteiger partial charge on any atom is 0.254 e. The largest absolute Gasteiger partial charge is 0.495 e. The van der Waals surface area contributed by atoms with Crippen molar-refractivity contribution in [2.75, 3.05) is 57.4 Å². The Morgan fingerprint density at radius 3 is 2.57 bits per heavy atom. The molecule has 1 aliphatic rings. The molecule has 0 unspecified atom stereocenters. The van der Waals surface area contributed by atoms with Crippen molar-refractivity contribution in [3.05, 3.63) is 59.2 Å². The van der Waals surface area contributed by atoms with E-state index in [-0.39, 0.29) is 11.9 Å². The van der Waals surface area contributed by atoms with Gasteiger partial charge in [0.1, 0.15) is 17.9 Å². The molecule has 0 aliphatic carbocycles. The monoisotopic (exact) mass is 515 g/mol. The number of para-hydroxylation sites is 1. The maximum atomic E-state index is 12.8. The summed E-state index contributed by atoms with van der Waals surface area (Å²) in [6.45, 7) is 5.61. The van der Waals surface area contributed by atoms with Gasteiger partial charge in [-0.15, -0.1) is 0 Å². The SMILES string of the molecule is COc1cc(C(=O)N2CCOCC2)ccc1Nc1ncc(Cl)c(Nc2ccccc2P(C)(C)=O)n1. The van der Waals surface area contributed by atoms with Crippen molar-refractivity contribution in [1.82, 2.24) is 14.9 Å². The van der Waals surface area contributed by atoms with Crippen LogP contribution < -0.4 is 20.7 Å². The van der Waals surface area contributed by atoms with Gasteiger partial charge in [-0.25, -0.2) is 4.98 Å². The molecule has 0 bridgehead atoms. The van der Waals surface area contributed by atoms with Crippen LogP contribution in [0.15, 0.2) is 48.7 Å². The van der Waals surface area contributed by atoms with E-state index in [0.29, 0.717) is 65.1 Å². The van der Waals surface area contributed by atoms with Gasteiger partial charge in [0.05, 0.1) is 37.9 Å². The number of hydrogen-bond acceptors (Lipinski definition) is 8. The standard InChI is InChI=1S/C24H27ClN5O4P/c1-33-20-14-16(23(31)30-10-12-34-13-11-30)8-9-18(20)28-24-26-15-17(25)22(29-24)27-19-6-4-5-7-21(19)35(2,3)32/h4-9,14-15H,10-13H2,1-3H3,(H2,26,27,28,29). The Bertz CT molecular complexity index is 1280. The zero-order valence-corrected chi connectivity index (χ0v) is 21.4. The van der Waals surface area contributed by atoms with Crippen molar-refractivity contribution >= 4 is 53.1 Å². The molecule has 1 saturated heterocycles. The summed E-state index contributed by atoms with van der Waals surface area (Å²) in [7, 11) is -0.996. The van der Waals surface area contributed by atoms with Crippen molar-refractivity contribution < 1.29 is 18.8 Å². The third-order valence-corrected chi connectivity index (χ3v) is 7.30. The number of methoxy groups -OCH3 is 1. The average molecular weight is 516 g/mol. The lowest BCUT2D eigenvalue weighted by atomic mass is 10.1. The van der Waals surface area contributed by atoms with E-state index in [1.165, 1.54) is 13.3 Å². The van der Waals surface area contributed by atoms with Gasteiger partial charge < -0.3 is 29.6 Å². The summed E-state index contributed by atoms with van der Waals surface area (Å²) < 4.78 is 23.5. The van der Waals surface area contributed by atoms with E-state index in [2.05, 4.69) is 20.6 Å². The molecule has 35 heavy (non-hydrogen) atoms. The molecule has 2 heterocycles. The number of carbonyl (C=O) groups excluding carboxylic acids is 1. The quantitative estimate of drug-likeness (QED) is 0.447. The van der Waals surface area contributed by atoms with E-state index in [1.54, 1.807) is 36.4 Å². The van der Waals surface area contributed by atoms with Gasteiger partial charge in [0.15, 0.2) is 5.82 Å². The van der Waals surface area contributed by atoms with Crippen molar-refractivity contribution in [1.29, 1.82) is 0 Å². The number of morpholine rings is 1. The Labute approximate surface area is 209 Å². The summed E-state index contributed by atoms with van der Waals surface area (Å²) in [5.41, 5.74) is 1.77. The second-order valence-electron chi connectivity index (χ2n) is 8.33. The molecule has 184 valence electrons. The maximum absolute atomic E-state index is 12.8.